The molecule has 2 fully saturated rings. The van der Waals surface area contributed by atoms with E-state index < -0.39 is 5.97 Å². The van der Waals surface area contributed by atoms with Crippen LogP contribution < -0.4 is 10.2 Å². The summed E-state index contributed by atoms with van der Waals surface area (Å²) in [5.41, 5.74) is 1.62. The van der Waals surface area contributed by atoms with Crippen molar-refractivity contribution in [1.82, 2.24) is 4.90 Å². The highest BCUT2D eigenvalue weighted by atomic mass is 32.1. The zero-order valence-electron chi connectivity index (χ0n) is 18.0. The fourth-order valence-corrected chi connectivity index (χ4v) is 4.80. The Labute approximate surface area is 191 Å². The maximum atomic E-state index is 13.0. The van der Waals surface area contributed by atoms with Gasteiger partial charge < -0.3 is 24.6 Å². The van der Waals surface area contributed by atoms with Gasteiger partial charge in [-0.25, -0.2) is 4.79 Å². The lowest BCUT2D eigenvalue weighted by Crippen LogP contribution is -2.43. The Bertz CT molecular complexity index is 972. The second-order valence-corrected chi connectivity index (χ2v) is 8.83. The van der Waals surface area contributed by atoms with Crippen LogP contribution in [-0.4, -0.2) is 69.2 Å². The van der Waals surface area contributed by atoms with Crippen molar-refractivity contribution in [3.63, 3.8) is 0 Å². The summed E-state index contributed by atoms with van der Waals surface area (Å²) in [5.74, 6) is -1.08. The number of carbonyl (C=O) groups is 3. The lowest BCUT2D eigenvalue weighted by molar-refractivity contribution is -0.121. The third kappa shape index (κ3) is 4.94. The van der Waals surface area contributed by atoms with E-state index in [1.165, 1.54) is 18.4 Å². The molecule has 0 spiro atoms. The first-order chi connectivity index (χ1) is 15.6. The third-order valence-electron chi connectivity index (χ3n) is 5.85. The minimum absolute atomic E-state index is 0.0392. The lowest BCUT2D eigenvalue weighted by atomic mass is 9.96. The van der Waals surface area contributed by atoms with Crippen molar-refractivity contribution >= 4 is 40.5 Å². The molecule has 2 aliphatic rings. The van der Waals surface area contributed by atoms with Crippen LogP contribution in [0.25, 0.3) is 0 Å². The number of benzene rings is 1. The second kappa shape index (κ2) is 10.1. The number of piperidine rings is 1. The van der Waals surface area contributed by atoms with E-state index in [-0.39, 0.29) is 17.7 Å². The Morgan fingerprint density at radius 1 is 1.16 bits per heavy atom. The number of anilines is 2. The molecule has 2 aliphatic heterocycles. The molecule has 9 heteroatoms. The normalized spacial score (nSPS) is 18.8. The maximum Gasteiger partial charge on any atom is 0.340 e. The summed E-state index contributed by atoms with van der Waals surface area (Å²) in [4.78, 5) is 42.7. The summed E-state index contributed by atoms with van der Waals surface area (Å²) in [6, 6.07) is 9.03. The van der Waals surface area contributed by atoms with Gasteiger partial charge in [-0.3, -0.25) is 9.59 Å². The highest BCUT2D eigenvalue weighted by Crippen LogP contribution is 2.27. The number of nitrogens with zero attached hydrogens (tertiary/aromatic N) is 2. The SMILES string of the molecule is COC(=O)c1cc(N2CCOCC2)ccc1NC(=O)C1CCCN(C(=O)c2cccs2)C1. The van der Waals surface area contributed by atoms with E-state index in [0.29, 0.717) is 48.9 Å². The number of morpholine rings is 1. The molecule has 170 valence electrons. The molecule has 0 saturated carbocycles. The van der Waals surface area contributed by atoms with Gasteiger partial charge in [0.25, 0.3) is 5.91 Å². The van der Waals surface area contributed by atoms with Crippen LogP contribution in [0.3, 0.4) is 0 Å². The number of esters is 1. The van der Waals surface area contributed by atoms with E-state index >= 15 is 0 Å². The second-order valence-electron chi connectivity index (χ2n) is 7.88. The average Bonchev–Trinajstić information content (AvgIpc) is 3.39. The first kappa shape index (κ1) is 22.3. The number of rotatable bonds is 5. The zero-order chi connectivity index (χ0) is 22.5. The molecule has 2 amide bonds. The molecule has 0 radical (unpaired) electrons. The van der Waals surface area contributed by atoms with Crippen LogP contribution >= 0.6 is 11.3 Å². The van der Waals surface area contributed by atoms with E-state index in [0.717, 1.165) is 25.2 Å². The predicted molar refractivity (Wildman–Crippen MR) is 122 cm³/mol. The fourth-order valence-electron chi connectivity index (χ4n) is 4.10. The topological polar surface area (TPSA) is 88.2 Å². The largest absolute Gasteiger partial charge is 0.465 e. The summed E-state index contributed by atoms with van der Waals surface area (Å²) >= 11 is 1.40. The number of ether oxygens (including phenoxy) is 2. The van der Waals surface area contributed by atoms with Crippen LogP contribution in [0, 0.1) is 5.92 Å². The smallest absolute Gasteiger partial charge is 0.340 e. The Kier molecular flexibility index (Phi) is 7.06. The number of nitrogens with one attached hydrogen (secondary N) is 1. The number of likely N-dealkylation sites (tertiary alicyclic amines) is 1. The number of methoxy groups -OCH3 is 1. The lowest BCUT2D eigenvalue weighted by Gasteiger charge is -2.32. The van der Waals surface area contributed by atoms with E-state index in [1.54, 1.807) is 23.1 Å². The Hall–Kier alpha value is -2.91. The van der Waals surface area contributed by atoms with E-state index in [1.807, 2.05) is 17.5 Å². The molecule has 8 nitrogen and oxygen atoms in total. The van der Waals surface area contributed by atoms with Crippen molar-refractivity contribution in [3.8, 4) is 0 Å². The number of carbonyl (C=O) groups excluding carboxylic acids is 3. The monoisotopic (exact) mass is 457 g/mol. The molecule has 3 heterocycles. The van der Waals surface area contributed by atoms with Gasteiger partial charge in [0.1, 0.15) is 0 Å². The van der Waals surface area contributed by atoms with Gasteiger partial charge in [-0.15, -0.1) is 11.3 Å². The first-order valence-electron chi connectivity index (χ1n) is 10.8. The van der Waals surface area contributed by atoms with E-state index in [4.69, 9.17) is 9.47 Å². The van der Waals surface area contributed by atoms with Gasteiger partial charge in [0.15, 0.2) is 0 Å². The molecule has 1 N–H and O–H groups in total. The minimum Gasteiger partial charge on any atom is -0.465 e. The predicted octanol–water partition coefficient (Wildman–Crippen LogP) is 2.86. The summed E-state index contributed by atoms with van der Waals surface area (Å²) in [7, 11) is 1.32. The van der Waals surface area contributed by atoms with Gasteiger partial charge in [0.05, 0.1) is 42.4 Å². The molecule has 1 aromatic carbocycles. The number of amides is 2. The summed E-state index contributed by atoms with van der Waals surface area (Å²) in [5, 5.41) is 4.77. The first-order valence-corrected chi connectivity index (χ1v) is 11.6. The van der Waals surface area contributed by atoms with Gasteiger partial charge in [-0.05, 0) is 42.5 Å². The van der Waals surface area contributed by atoms with E-state index in [2.05, 4.69) is 10.2 Å². The molecule has 1 aromatic heterocycles. The van der Waals surface area contributed by atoms with Crippen LogP contribution in [0.15, 0.2) is 35.7 Å². The molecule has 0 bridgehead atoms. The highest BCUT2D eigenvalue weighted by molar-refractivity contribution is 7.12. The van der Waals surface area contributed by atoms with Gasteiger partial charge in [0.2, 0.25) is 5.91 Å². The molecule has 1 unspecified atom stereocenters. The molecule has 2 aromatic rings. The van der Waals surface area contributed by atoms with Crippen LogP contribution in [0.5, 0.6) is 0 Å². The molecule has 2 saturated heterocycles. The van der Waals surface area contributed by atoms with Crippen molar-refractivity contribution in [2.45, 2.75) is 12.8 Å². The van der Waals surface area contributed by atoms with Gasteiger partial charge in [-0.1, -0.05) is 6.07 Å². The quantitative estimate of drug-likeness (QED) is 0.695. The van der Waals surface area contributed by atoms with Gasteiger partial charge >= 0.3 is 5.97 Å². The summed E-state index contributed by atoms with van der Waals surface area (Å²) in [6.07, 6.45) is 1.45. The Morgan fingerprint density at radius 3 is 2.69 bits per heavy atom. The average molecular weight is 458 g/mol. The van der Waals surface area contributed by atoms with Crippen LogP contribution in [-0.2, 0) is 14.3 Å². The van der Waals surface area contributed by atoms with Crippen molar-refractivity contribution < 1.29 is 23.9 Å². The van der Waals surface area contributed by atoms with Crippen molar-refractivity contribution in [1.29, 1.82) is 0 Å². The minimum atomic E-state index is -0.506. The molecule has 1 atom stereocenters. The van der Waals surface area contributed by atoms with Crippen molar-refractivity contribution in [2.24, 2.45) is 5.92 Å². The van der Waals surface area contributed by atoms with Crippen molar-refractivity contribution in [3.05, 3.63) is 46.2 Å². The summed E-state index contributed by atoms with van der Waals surface area (Å²) in [6.45, 7) is 3.75. The Morgan fingerprint density at radius 2 is 1.97 bits per heavy atom. The van der Waals surface area contributed by atoms with E-state index in [9.17, 15) is 14.4 Å². The molecular formula is C23H27N3O5S. The Balaban J connectivity index is 1.48. The number of hydrogen-bond donors (Lipinski definition) is 1. The standard InChI is InChI=1S/C23H27N3O5S/c1-30-23(29)18-14-17(25-9-11-31-12-10-25)6-7-19(18)24-21(27)16-4-2-8-26(15-16)22(28)20-5-3-13-32-20/h3,5-7,13-14,16H,2,4,8-12,15H2,1H3,(H,24,27). The fraction of sp³-hybridized carbons (Fsp3) is 0.435. The van der Waals surface area contributed by atoms with Gasteiger partial charge in [-0.2, -0.15) is 0 Å². The molecular weight excluding hydrogens is 430 g/mol. The van der Waals surface area contributed by atoms with Crippen LogP contribution in [0.2, 0.25) is 0 Å². The molecule has 32 heavy (non-hydrogen) atoms. The molecule has 0 aliphatic carbocycles. The highest BCUT2D eigenvalue weighted by Gasteiger charge is 2.30. The van der Waals surface area contributed by atoms with Crippen LogP contribution in [0.1, 0.15) is 32.9 Å². The number of thiophene rings is 1. The van der Waals surface area contributed by atoms with Crippen molar-refractivity contribution in [2.75, 3.05) is 56.7 Å². The number of hydrogen-bond acceptors (Lipinski definition) is 7. The van der Waals surface area contributed by atoms with Gasteiger partial charge in [0, 0.05) is 31.9 Å². The van der Waals surface area contributed by atoms with Crippen LogP contribution in [0.4, 0.5) is 11.4 Å². The maximum absolute atomic E-state index is 13.0. The summed E-state index contributed by atoms with van der Waals surface area (Å²) < 4.78 is 10.3. The third-order valence-corrected chi connectivity index (χ3v) is 6.71. The molecule has 4 rings (SSSR count). The zero-order valence-corrected chi connectivity index (χ0v) is 18.9.